The maximum absolute atomic E-state index is 9.01. The second-order valence-electron chi connectivity index (χ2n) is 5.40. The standard InChI is InChI=1S/C15H24O2/c1-5-12(10-11-16)13-6-8-14(9-7-13)17-15(2,3)4/h6-9,12,16H,5,10-11H2,1-4H3. The van der Waals surface area contributed by atoms with Gasteiger partial charge in [-0.1, -0.05) is 19.1 Å². The monoisotopic (exact) mass is 236 g/mol. The molecule has 0 fully saturated rings. The molecule has 1 rings (SSSR count). The number of hydrogen-bond donors (Lipinski definition) is 1. The zero-order chi connectivity index (χ0) is 12.9. The van der Waals surface area contributed by atoms with Crippen molar-refractivity contribution in [3.63, 3.8) is 0 Å². The molecule has 17 heavy (non-hydrogen) atoms. The lowest BCUT2D eigenvalue weighted by Gasteiger charge is -2.22. The number of hydrogen-bond acceptors (Lipinski definition) is 2. The molecule has 1 N–H and O–H groups in total. The molecule has 2 nitrogen and oxygen atoms in total. The van der Waals surface area contributed by atoms with Crippen LogP contribution in [0.25, 0.3) is 0 Å². The molecule has 1 unspecified atom stereocenters. The predicted octanol–water partition coefficient (Wildman–Crippen LogP) is 3.74. The van der Waals surface area contributed by atoms with E-state index >= 15 is 0 Å². The van der Waals surface area contributed by atoms with Crippen LogP contribution in [0.15, 0.2) is 24.3 Å². The van der Waals surface area contributed by atoms with Gasteiger partial charge in [0.1, 0.15) is 11.4 Å². The molecule has 0 aliphatic rings. The van der Waals surface area contributed by atoms with Crippen LogP contribution in [-0.2, 0) is 0 Å². The Bertz CT molecular complexity index is 322. The summed E-state index contributed by atoms with van der Waals surface area (Å²) in [5.74, 6) is 1.35. The SMILES string of the molecule is CCC(CCO)c1ccc(OC(C)(C)C)cc1. The lowest BCUT2D eigenvalue weighted by molar-refractivity contribution is 0.131. The molecular weight excluding hydrogens is 212 g/mol. The predicted molar refractivity (Wildman–Crippen MR) is 71.6 cm³/mol. The van der Waals surface area contributed by atoms with Crippen molar-refractivity contribution in [2.45, 2.75) is 52.1 Å². The largest absolute Gasteiger partial charge is 0.488 e. The molecule has 0 saturated heterocycles. The molecule has 1 aromatic rings. The van der Waals surface area contributed by atoms with Crippen LogP contribution in [0.3, 0.4) is 0 Å². The van der Waals surface area contributed by atoms with Gasteiger partial charge in [0, 0.05) is 6.61 Å². The first-order chi connectivity index (χ1) is 7.96. The second kappa shape index (κ2) is 6.06. The topological polar surface area (TPSA) is 29.5 Å². The van der Waals surface area contributed by atoms with Crippen LogP contribution < -0.4 is 4.74 Å². The summed E-state index contributed by atoms with van der Waals surface area (Å²) in [7, 11) is 0. The zero-order valence-electron chi connectivity index (χ0n) is 11.4. The van der Waals surface area contributed by atoms with Crippen molar-refractivity contribution in [3.05, 3.63) is 29.8 Å². The van der Waals surface area contributed by atoms with Gasteiger partial charge in [-0.05, 0) is 57.2 Å². The van der Waals surface area contributed by atoms with E-state index in [9.17, 15) is 0 Å². The Hall–Kier alpha value is -1.02. The number of aliphatic hydroxyl groups is 1. The molecule has 0 aromatic heterocycles. The van der Waals surface area contributed by atoms with Gasteiger partial charge in [-0.3, -0.25) is 0 Å². The molecule has 0 spiro atoms. The van der Waals surface area contributed by atoms with Crippen LogP contribution in [0.2, 0.25) is 0 Å². The van der Waals surface area contributed by atoms with Gasteiger partial charge < -0.3 is 9.84 Å². The fraction of sp³-hybridized carbons (Fsp3) is 0.600. The van der Waals surface area contributed by atoms with Crippen LogP contribution in [0.1, 0.15) is 52.0 Å². The maximum Gasteiger partial charge on any atom is 0.120 e. The molecule has 0 amide bonds. The molecule has 96 valence electrons. The van der Waals surface area contributed by atoms with E-state index in [-0.39, 0.29) is 12.2 Å². The minimum atomic E-state index is -0.156. The van der Waals surface area contributed by atoms with E-state index < -0.39 is 0 Å². The molecular formula is C15H24O2. The van der Waals surface area contributed by atoms with E-state index in [1.165, 1.54) is 5.56 Å². The summed E-state index contributed by atoms with van der Waals surface area (Å²) in [6, 6.07) is 8.23. The van der Waals surface area contributed by atoms with E-state index in [1.54, 1.807) is 0 Å². The molecule has 0 aliphatic carbocycles. The lowest BCUT2D eigenvalue weighted by atomic mass is 9.93. The van der Waals surface area contributed by atoms with Crippen molar-refractivity contribution in [1.82, 2.24) is 0 Å². The lowest BCUT2D eigenvalue weighted by Crippen LogP contribution is -2.22. The second-order valence-corrected chi connectivity index (χ2v) is 5.40. The van der Waals surface area contributed by atoms with E-state index in [0.29, 0.717) is 5.92 Å². The quantitative estimate of drug-likeness (QED) is 0.844. The highest BCUT2D eigenvalue weighted by Gasteiger charge is 2.13. The van der Waals surface area contributed by atoms with Gasteiger partial charge in [0.25, 0.3) is 0 Å². The summed E-state index contributed by atoms with van der Waals surface area (Å²) >= 11 is 0. The number of aliphatic hydroxyl groups excluding tert-OH is 1. The van der Waals surface area contributed by atoms with Crippen molar-refractivity contribution < 1.29 is 9.84 Å². The summed E-state index contributed by atoms with van der Waals surface area (Å²) < 4.78 is 5.78. The third kappa shape index (κ3) is 4.78. The number of rotatable bonds is 5. The molecule has 1 aromatic carbocycles. The molecule has 0 heterocycles. The van der Waals surface area contributed by atoms with Crippen molar-refractivity contribution in [2.75, 3.05) is 6.61 Å². The Labute approximate surface area is 105 Å². The summed E-state index contributed by atoms with van der Waals surface area (Å²) in [4.78, 5) is 0. The van der Waals surface area contributed by atoms with Crippen LogP contribution in [0, 0.1) is 0 Å². The Kier molecular flexibility index (Phi) is 5.01. The van der Waals surface area contributed by atoms with Crippen LogP contribution in [-0.4, -0.2) is 17.3 Å². The van der Waals surface area contributed by atoms with Gasteiger partial charge in [0.15, 0.2) is 0 Å². The van der Waals surface area contributed by atoms with Gasteiger partial charge >= 0.3 is 0 Å². The molecule has 0 saturated carbocycles. The highest BCUT2D eigenvalue weighted by Crippen LogP contribution is 2.26. The highest BCUT2D eigenvalue weighted by molar-refractivity contribution is 5.29. The fourth-order valence-corrected chi connectivity index (χ4v) is 1.92. The first-order valence-corrected chi connectivity index (χ1v) is 6.36. The van der Waals surface area contributed by atoms with Crippen molar-refractivity contribution in [1.29, 1.82) is 0 Å². The Morgan fingerprint density at radius 3 is 2.18 bits per heavy atom. The van der Waals surface area contributed by atoms with Crippen molar-refractivity contribution in [3.8, 4) is 5.75 Å². The summed E-state index contributed by atoms with van der Waals surface area (Å²) in [6.45, 7) is 8.53. The molecule has 1 atom stereocenters. The summed E-state index contributed by atoms with van der Waals surface area (Å²) in [5, 5.41) is 9.01. The van der Waals surface area contributed by atoms with Gasteiger partial charge in [-0.2, -0.15) is 0 Å². The Morgan fingerprint density at radius 1 is 1.18 bits per heavy atom. The van der Waals surface area contributed by atoms with Crippen molar-refractivity contribution >= 4 is 0 Å². The van der Waals surface area contributed by atoms with E-state index in [0.717, 1.165) is 18.6 Å². The zero-order valence-corrected chi connectivity index (χ0v) is 11.4. The molecule has 0 radical (unpaired) electrons. The van der Waals surface area contributed by atoms with E-state index in [4.69, 9.17) is 9.84 Å². The van der Waals surface area contributed by atoms with Crippen molar-refractivity contribution in [2.24, 2.45) is 0 Å². The smallest absolute Gasteiger partial charge is 0.120 e. The first-order valence-electron chi connectivity index (χ1n) is 6.36. The van der Waals surface area contributed by atoms with Crippen LogP contribution >= 0.6 is 0 Å². The molecule has 0 bridgehead atoms. The Balaban J connectivity index is 2.73. The number of ether oxygens (including phenoxy) is 1. The fourth-order valence-electron chi connectivity index (χ4n) is 1.92. The van der Waals surface area contributed by atoms with E-state index in [2.05, 4.69) is 19.1 Å². The van der Waals surface area contributed by atoms with Gasteiger partial charge in [-0.25, -0.2) is 0 Å². The average molecular weight is 236 g/mol. The first kappa shape index (κ1) is 14.0. The molecule has 2 heteroatoms. The number of benzene rings is 1. The van der Waals surface area contributed by atoms with Gasteiger partial charge in [0.2, 0.25) is 0 Å². The summed E-state index contributed by atoms with van der Waals surface area (Å²) in [5.41, 5.74) is 1.12. The molecule has 0 aliphatic heterocycles. The Morgan fingerprint density at radius 2 is 1.76 bits per heavy atom. The van der Waals surface area contributed by atoms with Gasteiger partial charge in [-0.15, -0.1) is 0 Å². The normalized spacial score (nSPS) is 13.5. The van der Waals surface area contributed by atoms with Crippen LogP contribution in [0.5, 0.6) is 5.75 Å². The van der Waals surface area contributed by atoms with E-state index in [1.807, 2.05) is 32.9 Å². The summed E-state index contributed by atoms with van der Waals surface area (Å²) in [6.07, 6.45) is 1.88. The van der Waals surface area contributed by atoms with Gasteiger partial charge in [0.05, 0.1) is 0 Å². The minimum Gasteiger partial charge on any atom is -0.488 e. The van der Waals surface area contributed by atoms with Crippen LogP contribution in [0.4, 0.5) is 0 Å². The maximum atomic E-state index is 9.01. The minimum absolute atomic E-state index is 0.156. The average Bonchev–Trinajstić information content (AvgIpc) is 2.25. The highest BCUT2D eigenvalue weighted by atomic mass is 16.5. The third-order valence-electron chi connectivity index (χ3n) is 2.75. The third-order valence-corrected chi connectivity index (χ3v) is 2.75.